The van der Waals surface area contributed by atoms with Crippen LogP contribution in [-0.2, 0) is 4.74 Å². The second-order valence-corrected chi connectivity index (χ2v) is 6.87. The number of likely N-dealkylation sites (tertiary alicyclic amines) is 1. The maximum atomic E-state index is 13.3. The van der Waals surface area contributed by atoms with E-state index < -0.39 is 17.8 Å². The molecule has 1 aromatic rings. The fourth-order valence-corrected chi connectivity index (χ4v) is 2.79. The maximum absolute atomic E-state index is 13.3. The van der Waals surface area contributed by atoms with E-state index in [1.54, 1.807) is 11.0 Å². The average molecular weight is 309 g/mol. The Kier molecular flexibility index (Phi) is 4.75. The van der Waals surface area contributed by atoms with Crippen LogP contribution >= 0.6 is 0 Å². The summed E-state index contributed by atoms with van der Waals surface area (Å²) in [6, 6.07) is 4.23. The first-order valence-corrected chi connectivity index (χ1v) is 7.61. The second kappa shape index (κ2) is 6.24. The first-order chi connectivity index (χ1) is 10.2. The number of hydrogen-bond acceptors (Lipinski definition) is 3. The number of hydrogen-bond donors (Lipinski definition) is 1. The number of piperidine rings is 1. The number of rotatable bonds is 1. The monoisotopic (exact) mass is 309 g/mol. The molecule has 5 heteroatoms. The summed E-state index contributed by atoms with van der Waals surface area (Å²) in [5.74, 6) is -0.304. The summed E-state index contributed by atoms with van der Waals surface area (Å²) in [7, 11) is 0. The number of amides is 1. The van der Waals surface area contributed by atoms with E-state index in [-0.39, 0.29) is 11.9 Å². The van der Waals surface area contributed by atoms with Gasteiger partial charge in [0.1, 0.15) is 11.4 Å². The van der Waals surface area contributed by atoms with E-state index in [0.29, 0.717) is 19.4 Å². The molecule has 1 saturated heterocycles. The number of carbonyl (C=O) groups excluding carboxylic acids is 1. The van der Waals surface area contributed by atoms with Gasteiger partial charge in [-0.25, -0.2) is 9.18 Å². The highest BCUT2D eigenvalue weighted by Crippen LogP contribution is 2.34. The molecular weight excluding hydrogens is 285 g/mol. The molecule has 0 bridgehead atoms. The van der Waals surface area contributed by atoms with Crippen molar-refractivity contribution < 1.29 is 19.0 Å². The first-order valence-electron chi connectivity index (χ1n) is 7.61. The van der Waals surface area contributed by atoms with Gasteiger partial charge in [0.05, 0.1) is 12.1 Å². The normalized spacial score (nSPS) is 22.5. The molecule has 122 valence electrons. The van der Waals surface area contributed by atoms with Crippen molar-refractivity contribution in [2.75, 3.05) is 6.54 Å². The van der Waals surface area contributed by atoms with E-state index in [1.165, 1.54) is 12.1 Å². The molecule has 1 aliphatic heterocycles. The average Bonchev–Trinajstić information content (AvgIpc) is 2.36. The minimum absolute atomic E-state index is 0.292. The van der Waals surface area contributed by atoms with E-state index in [1.807, 2.05) is 27.7 Å². The standard InChI is InChI=1S/C17H24FNO3/c1-11-9-12(18)5-6-14(11)15-10-13(20)7-8-19(15)16(21)22-17(2,3)4/h5-6,9,13,15,20H,7-8,10H2,1-4H3/t13-,15+/m0/s1. The number of nitrogens with zero attached hydrogens (tertiary/aromatic N) is 1. The quantitative estimate of drug-likeness (QED) is 0.863. The third kappa shape index (κ3) is 3.97. The van der Waals surface area contributed by atoms with Crippen molar-refractivity contribution >= 4 is 6.09 Å². The van der Waals surface area contributed by atoms with Crippen molar-refractivity contribution in [2.24, 2.45) is 0 Å². The van der Waals surface area contributed by atoms with Gasteiger partial charge in [0.15, 0.2) is 0 Å². The van der Waals surface area contributed by atoms with Crippen LogP contribution in [-0.4, -0.2) is 34.3 Å². The van der Waals surface area contributed by atoms with Gasteiger partial charge in [0.2, 0.25) is 0 Å². The summed E-state index contributed by atoms with van der Waals surface area (Å²) in [5.41, 5.74) is 1.05. The van der Waals surface area contributed by atoms with Crippen LogP contribution in [0, 0.1) is 12.7 Å². The van der Waals surface area contributed by atoms with E-state index in [0.717, 1.165) is 11.1 Å². The molecular formula is C17H24FNO3. The lowest BCUT2D eigenvalue weighted by Gasteiger charge is -2.39. The molecule has 1 amide bonds. The number of ether oxygens (including phenoxy) is 1. The summed E-state index contributed by atoms with van der Waals surface area (Å²) < 4.78 is 18.8. The third-order valence-corrected chi connectivity index (χ3v) is 3.79. The number of carbonyl (C=O) groups is 1. The molecule has 0 saturated carbocycles. The van der Waals surface area contributed by atoms with Crippen molar-refractivity contribution in [1.29, 1.82) is 0 Å². The predicted octanol–water partition coefficient (Wildman–Crippen LogP) is 3.57. The fraction of sp³-hybridized carbons (Fsp3) is 0.588. The molecule has 0 radical (unpaired) electrons. The van der Waals surface area contributed by atoms with Crippen LogP contribution in [0.15, 0.2) is 18.2 Å². The molecule has 1 fully saturated rings. The molecule has 2 rings (SSSR count). The largest absolute Gasteiger partial charge is 0.444 e. The van der Waals surface area contributed by atoms with Crippen molar-refractivity contribution in [2.45, 2.75) is 58.3 Å². The number of halogens is 1. The molecule has 1 N–H and O–H groups in total. The van der Waals surface area contributed by atoms with E-state index in [4.69, 9.17) is 4.74 Å². The number of aryl methyl sites for hydroxylation is 1. The molecule has 0 unspecified atom stereocenters. The van der Waals surface area contributed by atoms with Crippen LogP contribution < -0.4 is 0 Å². The minimum atomic E-state index is -0.574. The zero-order chi connectivity index (χ0) is 16.5. The van der Waals surface area contributed by atoms with Crippen molar-refractivity contribution in [3.63, 3.8) is 0 Å². The Morgan fingerprint density at radius 1 is 1.41 bits per heavy atom. The van der Waals surface area contributed by atoms with Crippen LogP contribution in [0.2, 0.25) is 0 Å². The van der Waals surface area contributed by atoms with Crippen molar-refractivity contribution in [3.05, 3.63) is 35.1 Å². The van der Waals surface area contributed by atoms with Gasteiger partial charge in [0.25, 0.3) is 0 Å². The molecule has 0 spiro atoms. The van der Waals surface area contributed by atoms with Gasteiger partial charge < -0.3 is 14.7 Å². The highest BCUT2D eigenvalue weighted by molar-refractivity contribution is 5.69. The smallest absolute Gasteiger partial charge is 0.410 e. The van der Waals surface area contributed by atoms with Gasteiger partial charge in [0, 0.05) is 6.54 Å². The van der Waals surface area contributed by atoms with Gasteiger partial charge in [-0.3, -0.25) is 0 Å². The van der Waals surface area contributed by atoms with Gasteiger partial charge >= 0.3 is 6.09 Å². The number of aliphatic hydroxyl groups excluding tert-OH is 1. The zero-order valence-electron chi connectivity index (χ0n) is 13.6. The van der Waals surface area contributed by atoms with Gasteiger partial charge in [-0.2, -0.15) is 0 Å². The van der Waals surface area contributed by atoms with Crippen LogP contribution in [0.25, 0.3) is 0 Å². The molecule has 1 aromatic carbocycles. The summed E-state index contributed by atoms with van der Waals surface area (Å²) in [4.78, 5) is 14.1. The van der Waals surface area contributed by atoms with Crippen LogP contribution in [0.1, 0.15) is 50.8 Å². The Morgan fingerprint density at radius 3 is 2.68 bits per heavy atom. The highest BCUT2D eigenvalue weighted by atomic mass is 19.1. The van der Waals surface area contributed by atoms with Gasteiger partial charge in [-0.05, 0) is 63.8 Å². The topological polar surface area (TPSA) is 49.8 Å². The molecule has 0 aromatic heterocycles. The Morgan fingerprint density at radius 2 is 2.09 bits per heavy atom. The van der Waals surface area contributed by atoms with E-state index in [9.17, 15) is 14.3 Å². The Bertz CT molecular complexity index is 553. The number of benzene rings is 1. The fourth-order valence-electron chi connectivity index (χ4n) is 2.79. The van der Waals surface area contributed by atoms with Crippen LogP contribution in [0.5, 0.6) is 0 Å². The lowest BCUT2D eigenvalue weighted by molar-refractivity contribution is -0.00851. The molecule has 22 heavy (non-hydrogen) atoms. The van der Waals surface area contributed by atoms with Crippen LogP contribution in [0.3, 0.4) is 0 Å². The minimum Gasteiger partial charge on any atom is -0.444 e. The van der Waals surface area contributed by atoms with Crippen molar-refractivity contribution in [1.82, 2.24) is 4.90 Å². The SMILES string of the molecule is Cc1cc(F)ccc1[C@H]1C[C@@H](O)CCN1C(=O)OC(C)(C)C. The van der Waals surface area contributed by atoms with E-state index in [2.05, 4.69) is 0 Å². The molecule has 0 aliphatic carbocycles. The van der Waals surface area contributed by atoms with Crippen LogP contribution in [0.4, 0.5) is 9.18 Å². The first kappa shape index (κ1) is 16.7. The Labute approximate surface area is 130 Å². The Hall–Kier alpha value is -1.62. The zero-order valence-corrected chi connectivity index (χ0v) is 13.6. The second-order valence-electron chi connectivity index (χ2n) is 6.87. The molecule has 4 nitrogen and oxygen atoms in total. The van der Waals surface area contributed by atoms with Gasteiger partial charge in [-0.15, -0.1) is 0 Å². The molecule has 1 heterocycles. The van der Waals surface area contributed by atoms with Crippen molar-refractivity contribution in [3.8, 4) is 0 Å². The predicted molar refractivity (Wildman–Crippen MR) is 82.1 cm³/mol. The summed E-state index contributed by atoms with van der Waals surface area (Å²) in [6.45, 7) is 7.70. The summed E-state index contributed by atoms with van der Waals surface area (Å²) >= 11 is 0. The maximum Gasteiger partial charge on any atom is 0.410 e. The number of aliphatic hydroxyl groups is 1. The highest BCUT2D eigenvalue weighted by Gasteiger charge is 2.35. The third-order valence-electron chi connectivity index (χ3n) is 3.79. The van der Waals surface area contributed by atoms with Gasteiger partial charge in [-0.1, -0.05) is 6.07 Å². The van der Waals surface area contributed by atoms with E-state index >= 15 is 0 Å². The molecule has 2 atom stereocenters. The lowest BCUT2D eigenvalue weighted by Crippen LogP contribution is -2.45. The summed E-state index contributed by atoms with van der Waals surface area (Å²) in [5, 5.41) is 9.97. The lowest BCUT2D eigenvalue weighted by atomic mass is 9.91. The Balaban J connectivity index is 2.29. The summed E-state index contributed by atoms with van der Waals surface area (Å²) in [6.07, 6.45) is 0.100. The molecule has 1 aliphatic rings.